The van der Waals surface area contributed by atoms with Crippen molar-refractivity contribution in [3.05, 3.63) is 28.7 Å². The van der Waals surface area contributed by atoms with E-state index in [9.17, 15) is 8.42 Å². The second-order valence-corrected chi connectivity index (χ2v) is 8.53. The number of nitrogens with two attached hydrogens (primary N) is 1. The monoisotopic (exact) mass is 382 g/mol. The van der Waals surface area contributed by atoms with Gasteiger partial charge in [-0.05, 0) is 36.1 Å². The molecule has 0 saturated carbocycles. The highest BCUT2D eigenvalue weighted by Gasteiger charge is 2.38. The molecule has 1 aromatic carbocycles. The van der Waals surface area contributed by atoms with Crippen LogP contribution in [0.2, 0.25) is 0 Å². The SMILES string of the molecule is CC1(C)CN(S(=O)(=O)c2ccc(Br)cc2)CCC1N.Cl. The number of rotatable bonds is 2. The van der Waals surface area contributed by atoms with E-state index < -0.39 is 10.0 Å². The summed E-state index contributed by atoms with van der Waals surface area (Å²) in [5, 5.41) is 0. The molecule has 0 spiro atoms. The van der Waals surface area contributed by atoms with Crippen molar-refractivity contribution in [1.82, 2.24) is 4.31 Å². The number of benzene rings is 1. The maximum absolute atomic E-state index is 12.6. The predicted molar refractivity (Wildman–Crippen MR) is 86.5 cm³/mol. The largest absolute Gasteiger partial charge is 0.327 e. The molecule has 20 heavy (non-hydrogen) atoms. The number of sulfonamides is 1. The minimum Gasteiger partial charge on any atom is -0.327 e. The number of halogens is 2. The lowest BCUT2D eigenvalue weighted by atomic mass is 9.81. The molecule has 0 amide bonds. The number of hydrogen-bond acceptors (Lipinski definition) is 3. The van der Waals surface area contributed by atoms with Crippen molar-refractivity contribution in [1.29, 1.82) is 0 Å². The maximum Gasteiger partial charge on any atom is 0.243 e. The first-order valence-electron chi connectivity index (χ1n) is 6.25. The summed E-state index contributed by atoms with van der Waals surface area (Å²) in [4.78, 5) is 0.335. The van der Waals surface area contributed by atoms with Crippen LogP contribution in [0.3, 0.4) is 0 Å². The molecule has 1 aliphatic rings. The van der Waals surface area contributed by atoms with Crippen molar-refractivity contribution in [2.75, 3.05) is 13.1 Å². The van der Waals surface area contributed by atoms with E-state index in [2.05, 4.69) is 15.9 Å². The van der Waals surface area contributed by atoms with Crippen molar-refractivity contribution in [2.24, 2.45) is 11.1 Å². The summed E-state index contributed by atoms with van der Waals surface area (Å²) in [6.45, 7) is 4.98. The molecule has 1 saturated heterocycles. The van der Waals surface area contributed by atoms with Crippen LogP contribution in [-0.4, -0.2) is 31.9 Å². The van der Waals surface area contributed by atoms with Crippen LogP contribution in [0.1, 0.15) is 20.3 Å². The van der Waals surface area contributed by atoms with Crippen molar-refractivity contribution < 1.29 is 8.42 Å². The van der Waals surface area contributed by atoms with E-state index in [1.807, 2.05) is 13.8 Å². The fourth-order valence-electron chi connectivity index (χ4n) is 2.29. The third-order valence-electron chi connectivity index (χ3n) is 3.73. The van der Waals surface area contributed by atoms with Crippen LogP contribution in [0.5, 0.6) is 0 Å². The molecule has 0 aromatic heterocycles. The Hall–Kier alpha value is -0.140. The molecule has 2 rings (SSSR count). The summed E-state index contributed by atoms with van der Waals surface area (Å²) in [5.74, 6) is 0. The van der Waals surface area contributed by atoms with Gasteiger partial charge in [-0.25, -0.2) is 8.42 Å². The van der Waals surface area contributed by atoms with Gasteiger partial charge < -0.3 is 5.73 Å². The van der Waals surface area contributed by atoms with E-state index in [1.54, 1.807) is 28.6 Å². The Balaban J connectivity index is 0.00000200. The Bertz CT molecular complexity index is 560. The normalized spacial score (nSPS) is 23.1. The molecule has 1 aromatic rings. The lowest BCUT2D eigenvalue weighted by molar-refractivity contribution is 0.155. The van der Waals surface area contributed by atoms with Crippen LogP contribution in [0.15, 0.2) is 33.6 Å². The van der Waals surface area contributed by atoms with Crippen LogP contribution < -0.4 is 5.73 Å². The molecule has 1 heterocycles. The van der Waals surface area contributed by atoms with Crippen molar-refractivity contribution in [2.45, 2.75) is 31.2 Å². The summed E-state index contributed by atoms with van der Waals surface area (Å²) in [6.07, 6.45) is 0.697. The Morgan fingerprint density at radius 3 is 2.35 bits per heavy atom. The van der Waals surface area contributed by atoms with Gasteiger partial charge in [0.1, 0.15) is 0 Å². The molecular formula is C13H20BrClN2O2S. The second kappa shape index (κ2) is 6.32. The highest BCUT2D eigenvalue weighted by atomic mass is 79.9. The van der Waals surface area contributed by atoms with Crippen LogP contribution in [-0.2, 0) is 10.0 Å². The van der Waals surface area contributed by atoms with Gasteiger partial charge in [-0.3, -0.25) is 0 Å². The molecule has 0 aliphatic carbocycles. The first-order chi connectivity index (χ1) is 8.73. The summed E-state index contributed by atoms with van der Waals surface area (Å²) in [5.41, 5.74) is 5.86. The molecule has 114 valence electrons. The maximum atomic E-state index is 12.6. The second-order valence-electron chi connectivity index (χ2n) is 5.68. The molecule has 0 bridgehead atoms. The zero-order valence-corrected chi connectivity index (χ0v) is 14.8. The summed E-state index contributed by atoms with van der Waals surface area (Å²) in [6, 6.07) is 6.78. The topological polar surface area (TPSA) is 63.4 Å². The number of hydrogen-bond donors (Lipinski definition) is 1. The third-order valence-corrected chi connectivity index (χ3v) is 6.12. The van der Waals surface area contributed by atoms with E-state index >= 15 is 0 Å². The average molecular weight is 384 g/mol. The Morgan fingerprint density at radius 2 is 1.85 bits per heavy atom. The van der Waals surface area contributed by atoms with E-state index in [0.717, 1.165) is 4.47 Å². The molecular weight excluding hydrogens is 364 g/mol. The Labute approximate surface area is 135 Å². The lowest BCUT2D eigenvalue weighted by Gasteiger charge is -2.41. The number of piperidine rings is 1. The Morgan fingerprint density at radius 1 is 1.30 bits per heavy atom. The van der Waals surface area contributed by atoms with Gasteiger partial charge in [0.05, 0.1) is 4.90 Å². The fraction of sp³-hybridized carbons (Fsp3) is 0.538. The molecule has 1 atom stereocenters. The molecule has 1 unspecified atom stereocenters. The van der Waals surface area contributed by atoms with E-state index in [1.165, 1.54) is 0 Å². The van der Waals surface area contributed by atoms with Gasteiger partial charge in [-0.1, -0.05) is 29.8 Å². The molecule has 0 radical (unpaired) electrons. The van der Waals surface area contributed by atoms with Gasteiger partial charge in [0.2, 0.25) is 10.0 Å². The molecule has 1 aliphatic heterocycles. The van der Waals surface area contributed by atoms with E-state index in [0.29, 0.717) is 24.4 Å². The predicted octanol–water partition coefficient (Wildman–Crippen LogP) is 2.62. The Kier molecular flexibility index (Phi) is 5.66. The highest BCUT2D eigenvalue weighted by molar-refractivity contribution is 9.10. The van der Waals surface area contributed by atoms with E-state index in [-0.39, 0.29) is 23.9 Å². The zero-order chi connectivity index (χ0) is 14.3. The van der Waals surface area contributed by atoms with Crippen molar-refractivity contribution >= 4 is 38.4 Å². The zero-order valence-electron chi connectivity index (χ0n) is 11.5. The smallest absolute Gasteiger partial charge is 0.243 e. The summed E-state index contributed by atoms with van der Waals surface area (Å²) in [7, 11) is -3.42. The molecule has 1 fully saturated rings. The van der Waals surface area contributed by atoms with Crippen LogP contribution in [0.4, 0.5) is 0 Å². The van der Waals surface area contributed by atoms with Crippen LogP contribution >= 0.6 is 28.3 Å². The third kappa shape index (κ3) is 3.54. The lowest BCUT2D eigenvalue weighted by Crippen LogP contribution is -2.53. The molecule has 2 N–H and O–H groups in total. The number of nitrogens with zero attached hydrogens (tertiary/aromatic N) is 1. The minimum absolute atomic E-state index is 0. The van der Waals surface area contributed by atoms with Crippen molar-refractivity contribution in [3.63, 3.8) is 0 Å². The minimum atomic E-state index is -3.42. The van der Waals surface area contributed by atoms with Gasteiger partial charge in [-0.15, -0.1) is 12.4 Å². The average Bonchev–Trinajstić information content (AvgIpc) is 2.33. The summed E-state index contributed by atoms with van der Waals surface area (Å²) < 4.78 is 27.5. The van der Waals surface area contributed by atoms with Gasteiger partial charge >= 0.3 is 0 Å². The van der Waals surface area contributed by atoms with Gasteiger partial charge in [-0.2, -0.15) is 4.31 Å². The first kappa shape index (κ1) is 17.9. The quantitative estimate of drug-likeness (QED) is 0.854. The van der Waals surface area contributed by atoms with E-state index in [4.69, 9.17) is 5.73 Å². The van der Waals surface area contributed by atoms with Crippen LogP contribution in [0, 0.1) is 5.41 Å². The van der Waals surface area contributed by atoms with Gasteiger partial charge in [0.25, 0.3) is 0 Å². The molecule has 4 nitrogen and oxygen atoms in total. The van der Waals surface area contributed by atoms with Crippen LogP contribution in [0.25, 0.3) is 0 Å². The van der Waals surface area contributed by atoms with Gasteiger partial charge in [0.15, 0.2) is 0 Å². The summed E-state index contributed by atoms with van der Waals surface area (Å²) >= 11 is 3.31. The highest BCUT2D eigenvalue weighted by Crippen LogP contribution is 2.31. The van der Waals surface area contributed by atoms with Gasteiger partial charge in [0, 0.05) is 23.6 Å². The van der Waals surface area contributed by atoms with Crippen molar-refractivity contribution in [3.8, 4) is 0 Å². The standard InChI is InChI=1S/C13H19BrN2O2S.ClH/c1-13(2)9-16(8-7-12(13)15)19(17,18)11-5-3-10(14)4-6-11;/h3-6,12H,7-9,15H2,1-2H3;1H. The first-order valence-corrected chi connectivity index (χ1v) is 8.48. The fourth-order valence-corrected chi connectivity index (χ4v) is 4.18. The molecule has 7 heteroatoms.